The van der Waals surface area contributed by atoms with Crippen molar-refractivity contribution in [1.82, 2.24) is 0 Å². The van der Waals surface area contributed by atoms with Gasteiger partial charge < -0.3 is 15.4 Å². The number of nitrogens with two attached hydrogens (primary N) is 1. The maximum absolute atomic E-state index is 7.52. The second-order valence-corrected chi connectivity index (χ2v) is 3.87. The first kappa shape index (κ1) is 12.8. The Labute approximate surface area is 100 Å². The number of likely N-dealkylation sites (N-methyl/N-ethyl adjacent to an activating group) is 1. The van der Waals surface area contributed by atoms with E-state index in [-0.39, 0.29) is 5.84 Å². The maximum Gasteiger partial charge on any atom is 0.126 e. The van der Waals surface area contributed by atoms with Gasteiger partial charge in [-0.25, -0.2) is 0 Å². The predicted molar refractivity (Wildman–Crippen MR) is 67.6 cm³/mol. The van der Waals surface area contributed by atoms with Crippen LogP contribution in [0.25, 0.3) is 0 Å². The van der Waals surface area contributed by atoms with Gasteiger partial charge in [-0.1, -0.05) is 17.7 Å². The zero-order valence-corrected chi connectivity index (χ0v) is 10.2. The van der Waals surface area contributed by atoms with Gasteiger partial charge >= 0.3 is 0 Å². The van der Waals surface area contributed by atoms with E-state index < -0.39 is 0 Å². The van der Waals surface area contributed by atoms with Crippen LogP contribution in [0.2, 0.25) is 5.02 Å². The molecule has 0 spiro atoms. The standard InChI is InChI=1S/C11H16ClN3O/c1-15(6-7-16-2)9-5-3-4-8(12)10(9)11(13)14/h3-5H,6-7H2,1-2H3,(H3,13,14). The molecule has 16 heavy (non-hydrogen) atoms. The summed E-state index contributed by atoms with van der Waals surface area (Å²) in [4.78, 5) is 1.96. The van der Waals surface area contributed by atoms with Crippen molar-refractivity contribution in [2.75, 3.05) is 32.2 Å². The lowest BCUT2D eigenvalue weighted by molar-refractivity contribution is 0.206. The SMILES string of the molecule is COCCN(C)c1cccc(Cl)c1C(=N)N. The van der Waals surface area contributed by atoms with Crippen LogP contribution in [-0.4, -0.2) is 33.1 Å². The molecule has 0 fully saturated rings. The minimum atomic E-state index is -0.0233. The highest BCUT2D eigenvalue weighted by Gasteiger charge is 2.12. The van der Waals surface area contributed by atoms with E-state index in [1.54, 1.807) is 13.2 Å². The Morgan fingerprint density at radius 2 is 2.25 bits per heavy atom. The van der Waals surface area contributed by atoms with E-state index in [1.807, 2.05) is 24.1 Å². The molecule has 0 saturated heterocycles. The molecule has 88 valence electrons. The number of rotatable bonds is 5. The molecule has 0 bridgehead atoms. The van der Waals surface area contributed by atoms with Crippen molar-refractivity contribution >= 4 is 23.1 Å². The lowest BCUT2D eigenvalue weighted by Gasteiger charge is -2.22. The smallest absolute Gasteiger partial charge is 0.126 e. The van der Waals surface area contributed by atoms with Crippen LogP contribution in [0.15, 0.2) is 18.2 Å². The second kappa shape index (κ2) is 5.72. The molecule has 0 aromatic heterocycles. The topological polar surface area (TPSA) is 62.3 Å². The number of hydrogen-bond donors (Lipinski definition) is 2. The lowest BCUT2D eigenvalue weighted by Crippen LogP contribution is -2.25. The minimum Gasteiger partial charge on any atom is -0.384 e. The van der Waals surface area contributed by atoms with Gasteiger partial charge in [-0.3, -0.25) is 5.41 Å². The number of ether oxygens (including phenoxy) is 1. The number of halogens is 1. The Hall–Kier alpha value is -1.26. The largest absolute Gasteiger partial charge is 0.384 e. The molecule has 0 atom stereocenters. The molecule has 0 aliphatic heterocycles. The molecule has 1 aromatic rings. The van der Waals surface area contributed by atoms with Crippen LogP contribution < -0.4 is 10.6 Å². The Morgan fingerprint density at radius 1 is 1.56 bits per heavy atom. The van der Waals surface area contributed by atoms with Crippen LogP contribution in [0.5, 0.6) is 0 Å². The third-order valence-corrected chi connectivity index (χ3v) is 2.62. The normalized spacial score (nSPS) is 10.2. The molecule has 0 amide bonds. The van der Waals surface area contributed by atoms with Crippen LogP contribution in [0.3, 0.4) is 0 Å². The first-order chi connectivity index (χ1) is 7.57. The zero-order chi connectivity index (χ0) is 12.1. The van der Waals surface area contributed by atoms with E-state index in [2.05, 4.69) is 0 Å². The summed E-state index contributed by atoms with van der Waals surface area (Å²) in [5, 5.41) is 8.02. The number of amidine groups is 1. The van der Waals surface area contributed by atoms with Crippen LogP contribution in [0.4, 0.5) is 5.69 Å². The van der Waals surface area contributed by atoms with Crippen molar-refractivity contribution < 1.29 is 4.74 Å². The van der Waals surface area contributed by atoms with Crippen LogP contribution in [0, 0.1) is 5.41 Å². The van der Waals surface area contributed by atoms with Gasteiger partial charge in [0, 0.05) is 26.4 Å². The highest BCUT2D eigenvalue weighted by molar-refractivity contribution is 6.34. The molecule has 4 nitrogen and oxygen atoms in total. The Bertz CT molecular complexity index is 381. The van der Waals surface area contributed by atoms with Gasteiger partial charge in [-0.2, -0.15) is 0 Å². The molecular weight excluding hydrogens is 226 g/mol. The lowest BCUT2D eigenvalue weighted by atomic mass is 10.1. The monoisotopic (exact) mass is 241 g/mol. The van der Waals surface area contributed by atoms with Crippen molar-refractivity contribution in [2.24, 2.45) is 5.73 Å². The number of benzene rings is 1. The summed E-state index contributed by atoms with van der Waals surface area (Å²) in [5.74, 6) is -0.0233. The quantitative estimate of drug-likeness (QED) is 0.609. The summed E-state index contributed by atoms with van der Waals surface area (Å²) < 4.78 is 5.00. The number of nitrogen functional groups attached to an aromatic ring is 1. The summed E-state index contributed by atoms with van der Waals surface area (Å²) >= 11 is 6.02. The maximum atomic E-state index is 7.52. The summed E-state index contributed by atoms with van der Waals surface area (Å²) in [6, 6.07) is 5.46. The van der Waals surface area contributed by atoms with E-state index in [1.165, 1.54) is 0 Å². The number of anilines is 1. The van der Waals surface area contributed by atoms with Crippen LogP contribution in [0.1, 0.15) is 5.56 Å². The zero-order valence-electron chi connectivity index (χ0n) is 9.46. The van der Waals surface area contributed by atoms with Crippen molar-refractivity contribution in [1.29, 1.82) is 5.41 Å². The number of methoxy groups -OCH3 is 1. The number of nitrogens with one attached hydrogen (secondary N) is 1. The molecule has 0 aliphatic carbocycles. The summed E-state index contributed by atoms with van der Waals surface area (Å²) in [5.41, 5.74) is 6.94. The van der Waals surface area contributed by atoms with Crippen molar-refractivity contribution in [3.05, 3.63) is 28.8 Å². The van der Waals surface area contributed by atoms with Gasteiger partial charge in [-0.05, 0) is 12.1 Å². The first-order valence-electron chi connectivity index (χ1n) is 4.91. The Kier molecular flexibility index (Phi) is 4.58. The fourth-order valence-corrected chi connectivity index (χ4v) is 1.72. The first-order valence-corrected chi connectivity index (χ1v) is 5.28. The van der Waals surface area contributed by atoms with E-state index in [4.69, 9.17) is 27.5 Å². The highest BCUT2D eigenvalue weighted by atomic mass is 35.5. The fraction of sp³-hybridized carbons (Fsp3) is 0.364. The van der Waals surface area contributed by atoms with Gasteiger partial charge in [0.25, 0.3) is 0 Å². The highest BCUT2D eigenvalue weighted by Crippen LogP contribution is 2.26. The average Bonchev–Trinajstić information content (AvgIpc) is 2.24. The van der Waals surface area contributed by atoms with Crippen LogP contribution >= 0.6 is 11.6 Å². The third-order valence-electron chi connectivity index (χ3n) is 2.30. The molecule has 0 aliphatic rings. The molecule has 0 heterocycles. The summed E-state index contributed by atoms with van der Waals surface area (Å²) in [6.07, 6.45) is 0. The Morgan fingerprint density at radius 3 is 2.81 bits per heavy atom. The van der Waals surface area contributed by atoms with Gasteiger partial charge in [-0.15, -0.1) is 0 Å². The second-order valence-electron chi connectivity index (χ2n) is 3.46. The summed E-state index contributed by atoms with van der Waals surface area (Å²) in [7, 11) is 3.56. The number of nitrogens with zero attached hydrogens (tertiary/aromatic N) is 1. The van der Waals surface area contributed by atoms with Gasteiger partial charge in [0.05, 0.1) is 17.2 Å². The van der Waals surface area contributed by atoms with E-state index in [0.717, 1.165) is 12.2 Å². The summed E-state index contributed by atoms with van der Waals surface area (Å²) in [6.45, 7) is 1.33. The Balaban J connectivity index is 3.02. The molecule has 1 rings (SSSR count). The van der Waals surface area contributed by atoms with Crippen LogP contribution in [-0.2, 0) is 4.74 Å². The number of hydrogen-bond acceptors (Lipinski definition) is 3. The molecule has 3 N–H and O–H groups in total. The molecule has 5 heteroatoms. The van der Waals surface area contributed by atoms with Gasteiger partial charge in [0.15, 0.2) is 0 Å². The van der Waals surface area contributed by atoms with E-state index in [0.29, 0.717) is 17.2 Å². The third kappa shape index (κ3) is 2.87. The van der Waals surface area contributed by atoms with Gasteiger partial charge in [0.1, 0.15) is 5.84 Å². The van der Waals surface area contributed by atoms with E-state index >= 15 is 0 Å². The minimum absolute atomic E-state index is 0.0233. The van der Waals surface area contributed by atoms with Crippen molar-refractivity contribution in [3.8, 4) is 0 Å². The molecule has 0 radical (unpaired) electrons. The predicted octanol–water partition coefficient (Wildman–Crippen LogP) is 1.71. The van der Waals surface area contributed by atoms with Crippen molar-refractivity contribution in [3.63, 3.8) is 0 Å². The molecule has 1 aromatic carbocycles. The molecular formula is C11H16ClN3O. The average molecular weight is 242 g/mol. The fourth-order valence-electron chi connectivity index (χ4n) is 1.45. The van der Waals surface area contributed by atoms with E-state index in [9.17, 15) is 0 Å². The van der Waals surface area contributed by atoms with Crippen molar-refractivity contribution in [2.45, 2.75) is 0 Å². The molecule has 0 saturated carbocycles. The van der Waals surface area contributed by atoms with Gasteiger partial charge in [0.2, 0.25) is 0 Å². The molecule has 0 unspecified atom stereocenters.